The molecule has 0 radical (unpaired) electrons. The summed E-state index contributed by atoms with van der Waals surface area (Å²) in [4.78, 5) is 13.1. The Morgan fingerprint density at radius 3 is 2.26 bits per heavy atom. The maximum atomic E-state index is 13.1. The average molecular weight is 414 g/mol. The zero-order valence-electron chi connectivity index (χ0n) is 17.5. The van der Waals surface area contributed by atoms with Crippen LogP contribution in [0.5, 0.6) is 17.2 Å². The zero-order valence-corrected chi connectivity index (χ0v) is 17.5. The third-order valence-corrected chi connectivity index (χ3v) is 4.84. The van der Waals surface area contributed by atoms with E-state index in [-0.39, 0.29) is 0 Å². The quantitative estimate of drug-likeness (QED) is 0.325. The monoisotopic (exact) mass is 414 g/mol. The van der Waals surface area contributed by atoms with Gasteiger partial charge in [-0.1, -0.05) is 35.9 Å². The Morgan fingerprint density at radius 1 is 0.871 bits per heavy atom. The number of hydrogen-bond acceptors (Lipinski definition) is 5. The first-order valence-electron chi connectivity index (χ1n) is 9.75. The summed E-state index contributed by atoms with van der Waals surface area (Å²) in [6.45, 7) is 1.98. The van der Waals surface area contributed by atoms with E-state index in [1.54, 1.807) is 49.4 Å². The van der Waals surface area contributed by atoms with Crippen LogP contribution in [-0.2, 0) is 0 Å². The van der Waals surface area contributed by atoms with E-state index >= 15 is 0 Å². The highest BCUT2D eigenvalue weighted by molar-refractivity contribution is 5.97. The summed E-state index contributed by atoms with van der Waals surface area (Å²) < 4.78 is 18.0. The van der Waals surface area contributed by atoms with Crippen LogP contribution in [0.1, 0.15) is 15.9 Å². The largest absolute Gasteiger partial charge is 0.493 e. The smallest absolute Gasteiger partial charge is 0.347 e. The lowest BCUT2D eigenvalue weighted by atomic mass is 10.1. The number of benzene rings is 3. The number of aromatic nitrogens is 2. The molecule has 0 amide bonds. The van der Waals surface area contributed by atoms with Crippen molar-refractivity contribution in [1.29, 1.82) is 0 Å². The van der Waals surface area contributed by atoms with Crippen LogP contribution in [-0.4, -0.2) is 30.0 Å². The van der Waals surface area contributed by atoms with Gasteiger partial charge in [-0.3, -0.25) is 0 Å². The second-order valence-corrected chi connectivity index (χ2v) is 6.94. The minimum atomic E-state index is -0.490. The van der Waals surface area contributed by atoms with Crippen molar-refractivity contribution in [1.82, 2.24) is 9.78 Å². The van der Waals surface area contributed by atoms with Gasteiger partial charge in [0.15, 0.2) is 11.5 Å². The number of aryl methyl sites for hydroxylation is 1. The molecule has 0 saturated heterocycles. The Kier molecular flexibility index (Phi) is 5.71. The van der Waals surface area contributed by atoms with Gasteiger partial charge in [0.25, 0.3) is 0 Å². The molecule has 3 aromatic carbocycles. The van der Waals surface area contributed by atoms with Crippen molar-refractivity contribution in [3.8, 4) is 34.2 Å². The molecule has 6 nitrogen and oxygen atoms in total. The van der Waals surface area contributed by atoms with Gasteiger partial charge in [-0.2, -0.15) is 5.10 Å². The van der Waals surface area contributed by atoms with Crippen molar-refractivity contribution in [2.75, 3.05) is 14.2 Å². The second-order valence-electron chi connectivity index (χ2n) is 6.94. The van der Waals surface area contributed by atoms with E-state index in [0.29, 0.717) is 34.1 Å². The number of rotatable bonds is 6. The van der Waals surface area contributed by atoms with Gasteiger partial charge in [0.2, 0.25) is 0 Å². The predicted molar refractivity (Wildman–Crippen MR) is 118 cm³/mol. The Labute approximate surface area is 180 Å². The number of methoxy groups -OCH3 is 2. The summed E-state index contributed by atoms with van der Waals surface area (Å²) in [6, 6.07) is 22.3. The van der Waals surface area contributed by atoms with Crippen molar-refractivity contribution in [2.45, 2.75) is 6.92 Å². The molecular formula is C25H22N2O4. The minimum Gasteiger partial charge on any atom is -0.493 e. The number of nitrogens with zero attached hydrogens (tertiary/aromatic N) is 2. The van der Waals surface area contributed by atoms with Gasteiger partial charge in [0.1, 0.15) is 17.0 Å². The molecule has 0 bridgehead atoms. The van der Waals surface area contributed by atoms with E-state index in [9.17, 15) is 4.79 Å². The summed E-state index contributed by atoms with van der Waals surface area (Å²) in [6.07, 6.45) is 1.68. The molecule has 4 aromatic rings. The molecular weight excluding hydrogens is 392 g/mol. The van der Waals surface area contributed by atoms with Crippen molar-refractivity contribution < 1.29 is 19.0 Å². The van der Waals surface area contributed by atoms with E-state index in [4.69, 9.17) is 14.2 Å². The Morgan fingerprint density at radius 2 is 1.58 bits per heavy atom. The molecule has 0 spiro atoms. The summed E-state index contributed by atoms with van der Waals surface area (Å²) in [5.41, 5.74) is 3.46. The molecule has 0 atom stereocenters. The van der Waals surface area contributed by atoms with Gasteiger partial charge in [0, 0.05) is 11.8 Å². The molecule has 0 aliphatic rings. The average Bonchev–Trinajstić information content (AvgIpc) is 3.26. The maximum absolute atomic E-state index is 13.1. The standard InChI is InChI=1S/C25H22N2O4/c1-17-9-12-20(13-10-17)31-25(28)21-16-27(19-7-5-4-6-8-19)26-24(21)18-11-14-22(29-2)23(15-18)30-3/h4-16H,1-3H3. The predicted octanol–water partition coefficient (Wildman–Crippen LogP) is 5.08. The van der Waals surface area contributed by atoms with Crippen LogP contribution in [0.4, 0.5) is 0 Å². The topological polar surface area (TPSA) is 62.6 Å². The third-order valence-electron chi connectivity index (χ3n) is 4.84. The highest BCUT2D eigenvalue weighted by Gasteiger charge is 2.22. The van der Waals surface area contributed by atoms with Crippen LogP contribution in [0.15, 0.2) is 79.0 Å². The van der Waals surface area contributed by atoms with Crippen molar-refractivity contribution in [2.24, 2.45) is 0 Å². The lowest BCUT2D eigenvalue weighted by Gasteiger charge is -2.09. The Bertz CT molecular complexity index is 1200. The van der Waals surface area contributed by atoms with E-state index in [0.717, 1.165) is 11.3 Å². The van der Waals surface area contributed by atoms with Gasteiger partial charge in [0.05, 0.1) is 19.9 Å². The second kappa shape index (κ2) is 8.75. The van der Waals surface area contributed by atoms with Gasteiger partial charge in [-0.25, -0.2) is 9.48 Å². The molecule has 31 heavy (non-hydrogen) atoms. The van der Waals surface area contributed by atoms with Crippen LogP contribution in [0.3, 0.4) is 0 Å². The molecule has 1 heterocycles. The van der Waals surface area contributed by atoms with Gasteiger partial charge in [-0.05, 0) is 49.4 Å². The number of carbonyl (C=O) groups is 1. The lowest BCUT2D eigenvalue weighted by Crippen LogP contribution is -2.09. The molecule has 0 unspecified atom stereocenters. The van der Waals surface area contributed by atoms with Crippen molar-refractivity contribution in [3.63, 3.8) is 0 Å². The first-order chi connectivity index (χ1) is 15.1. The van der Waals surface area contributed by atoms with E-state index in [1.165, 1.54) is 0 Å². The molecule has 0 saturated carbocycles. The first kappa shape index (κ1) is 20.2. The zero-order chi connectivity index (χ0) is 21.8. The molecule has 6 heteroatoms. The maximum Gasteiger partial charge on any atom is 0.347 e. The number of ether oxygens (including phenoxy) is 3. The molecule has 156 valence electrons. The highest BCUT2D eigenvalue weighted by atomic mass is 16.5. The van der Waals surface area contributed by atoms with E-state index in [1.807, 2.05) is 55.5 Å². The fourth-order valence-corrected chi connectivity index (χ4v) is 3.20. The van der Waals surface area contributed by atoms with Gasteiger partial charge in [-0.15, -0.1) is 0 Å². The molecule has 0 fully saturated rings. The number of esters is 1. The third kappa shape index (κ3) is 4.28. The number of carbonyl (C=O) groups excluding carboxylic acids is 1. The number of hydrogen-bond donors (Lipinski definition) is 0. The Balaban J connectivity index is 1.78. The van der Waals surface area contributed by atoms with E-state index in [2.05, 4.69) is 5.10 Å². The fourth-order valence-electron chi connectivity index (χ4n) is 3.20. The molecule has 0 aliphatic carbocycles. The van der Waals surface area contributed by atoms with Gasteiger partial charge < -0.3 is 14.2 Å². The van der Waals surface area contributed by atoms with Crippen LogP contribution in [0.2, 0.25) is 0 Å². The summed E-state index contributed by atoms with van der Waals surface area (Å²) in [5, 5.41) is 4.68. The highest BCUT2D eigenvalue weighted by Crippen LogP contribution is 2.33. The van der Waals surface area contributed by atoms with Crippen LogP contribution >= 0.6 is 0 Å². The summed E-state index contributed by atoms with van der Waals surface area (Å²) in [5.74, 6) is 1.13. The van der Waals surface area contributed by atoms with Gasteiger partial charge >= 0.3 is 5.97 Å². The fraction of sp³-hybridized carbons (Fsp3) is 0.120. The SMILES string of the molecule is COc1ccc(-c2nn(-c3ccccc3)cc2C(=O)Oc2ccc(C)cc2)cc1OC. The molecule has 0 aliphatic heterocycles. The molecule has 0 N–H and O–H groups in total. The van der Waals surface area contributed by atoms with Crippen LogP contribution < -0.4 is 14.2 Å². The molecule has 4 rings (SSSR count). The first-order valence-corrected chi connectivity index (χ1v) is 9.75. The number of para-hydroxylation sites is 1. The Hall–Kier alpha value is -4.06. The van der Waals surface area contributed by atoms with Crippen LogP contribution in [0.25, 0.3) is 16.9 Å². The lowest BCUT2D eigenvalue weighted by molar-refractivity contribution is 0.0735. The van der Waals surface area contributed by atoms with Crippen molar-refractivity contribution >= 4 is 5.97 Å². The minimum absolute atomic E-state index is 0.344. The summed E-state index contributed by atoms with van der Waals surface area (Å²) >= 11 is 0. The molecule has 1 aromatic heterocycles. The normalized spacial score (nSPS) is 10.5. The van der Waals surface area contributed by atoms with E-state index < -0.39 is 5.97 Å². The summed E-state index contributed by atoms with van der Waals surface area (Å²) in [7, 11) is 3.14. The van der Waals surface area contributed by atoms with Crippen LogP contribution in [0, 0.1) is 6.92 Å². The van der Waals surface area contributed by atoms with Crippen molar-refractivity contribution in [3.05, 3.63) is 90.1 Å².